The lowest BCUT2D eigenvalue weighted by Gasteiger charge is -2.55. The molecule has 0 aromatic carbocycles. The Hall–Kier alpha value is -1.04. The summed E-state index contributed by atoms with van der Waals surface area (Å²) in [5, 5.41) is 5.76. The topological polar surface area (TPSA) is 76.5 Å². The van der Waals surface area contributed by atoms with Crippen LogP contribution in [-0.2, 0) is 4.74 Å². The maximum absolute atomic E-state index is 7.06. The summed E-state index contributed by atoms with van der Waals surface area (Å²) >= 11 is 0. The zero-order valence-electron chi connectivity index (χ0n) is 22.6. The Bertz CT molecular complexity index is 886. The first-order valence-corrected chi connectivity index (χ1v) is 14.8. The van der Waals surface area contributed by atoms with Crippen LogP contribution in [0, 0.1) is 40.9 Å². The predicted molar refractivity (Wildman–Crippen MR) is 142 cm³/mol. The highest BCUT2D eigenvalue weighted by Crippen LogP contribution is 2.65. The lowest BCUT2D eigenvalue weighted by atomic mass is 9.52. The third-order valence-electron chi connectivity index (χ3n) is 12.3. The summed E-state index contributed by atoms with van der Waals surface area (Å²) in [4.78, 5) is 0. The Morgan fingerprint density at radius 1 is 1.11 bits per heavy atom. The van der Waals surface area contributed by atoms with Crippen molar-refractivity contribution in [2.75, 3.05) is 6.54 Å². The van der Waals surface area contributed by atoms with Gasteiger partial charge in [0, 0.05) is 30.4 Å². The fourth-order valence-electron chi connectivity index (χ4n) is 10.3. The van der Waals surface area contributed by atoms with E-state index in [1.807, 2.05) is 16.8 Å². The summed E-state index contributed by atoms with van der Waals surface area (Å²) in [5.74, 6) is 11.0. The van der Waals surface area contributed by atoms with Crippen molar-refractivity contribution in [2.45, 2.75) is 116 Å². The number of ether oxygens (including phenoxy) is 1. The van der Waals surface area contributed by atoms with Gasteiger partial charge in [0.15, 0.2) is 0 Å². The molecule has 0 aromatic heterocycles. The highest BCUT2D eigenvalue weighted by atomic mass is 16.5. The van der Waals surface area contributed by atoms with Gasteiger partial charge in [0.25, 0.3) is 0 Å². The molecule has 0 aromatic rings. The average molecular weight is 483 g/mol. The van der Waals surface area contributed by atoms with Gasteiger partial charge in [-0.25, -0.2) is 5.84 Å². The second kappa shape index (κ2) is 8.77. The third-order valence-corrected chi connectivity index (χ3v) is 12.3. The van der Waals surface area contributed by atoms with Crippen molar-refractivity contribution in [1.29, 1.82) is 0 Å². The lowest BCUT2D eigenvalue weighted by molar-refractivity contribution is -0.0758. The number of hydrogen-bond acceptors (Lipinski definition) is 5. The average Bonchev–Trinajstić information content (AvgIpc) is 3.28. The molecule has 11 atom stereocenters. The standard InChI is InChI=1S/C30H50N4O/c1-18-13-27-28(33-17-18)20(3)30(35-27)10-8-23-24-6-5-21-14-22(34(32)12-11-31)7-9-29(21,4)26(24)15-25(23)19(2)16-30/h11-12,18,20-24,26-28,33H,5-10,13-17,31-32H2,1-4H3/b12-11-/t18-,20+,21+,22-,23-,24?,26-,27?,28-,29-,30?/m0/s1. The molecule has 196 valence electrons. The van der Waals surface area contributed by atoms with Crippen LogP contribution >= 0.6 is 0 Å². The van der Waals surface area contributed by atoms with Crippen LogP contribution in [0.5, 0.6) is 0 Å². The smallest absolute Gasteiger partial charge is 0.0765 e. The van der Waals surface area contributed by atoms with Crippen molar-refractivity contribution in [3.8, 4) is 0 Å². The molecule has 4 aliphatic carbocycles. The van der Waals surface area contributed by atoms with E-state index in [-0.39, 0.29) is 5.60 Å². The highest BCUT2D eigenvalue weighted by molar-refractivity contribution is 5.29. The molecule has 1 spiro atoms. The zero-order chi connectivity index (χ0) is 24.5. The van der Waals surface area contributed by atoms with Crippen LogP contribution in [0.4, 0.5) is 0 Å². The molecule has 6 rings (SSSR count). The quantitative estimate of drug-likeness (QED) is 0.290. The number of nitrogens with one attached hydrogen (secondary N) is 1. The number of rotatable bonds is 2. The first-order valence-electron chi connectivity index (χ1n) is 14.8. The molecule has 0 radical (unpaired) electrons. The van der Waals surface area contributed by atoms with E-state index in [9.17, 15) is 0 Å². The van der Waals surface area contributed by atoms with Crippen LogP contribution in [0.25, 0.3) is 0 Å². The van der Waals surface area contributed by atoms with E-state index in [2.05, 4.69) is 33.0 Å². The van der Waals surface area contributed by atoms with E-state index in [0.29, 0.717) is 29.5 Å². The van der Waals surface area contributed by atoms with Gasteiger partial charge < -0.3 is 20.8 Å². The van der Waals surface area contributed by atoms with Gasteiger partial charge in [0.05, 0.1) is 11.7 Å². The van der Waals surface area contributed by atoms with E-state index >= 15 is 0 Å². The monoisotopic (exact) mass is 482 g/mol. The molecule has 5 nitrogen and oxygen atoms in total. The molecule has 5 N–H and O–H groups in total. The van der Waals surface area contributed by atoms with Crippen molar-refractivity contribution in [3.05, 3.63) is 23.5 Å². The zero-order valence-corrected chi connectivity index (χ0v) is 22.6. The van der Waals surface area contributed by atoms with Crippen LogP contribution in [0.1, 0.15) is 91.9 Å². The largest absolute Gasteiger partial charge is 0.403 e. The molecule has 5 heteroatoms. The minimum atomic E-state index is 0.0591. The molecule has 2 saturated heterocycles. The van der Waals surface area contributed by atoms with Gasteiger partial charge in [-0.3, -0.25) is 0 Å². The third kappa shape index (κ3) is 3.74. The van der Waals surface area contributed by atoms with Gasteiger partial charge >= 0.3 is 0 Å². The van der Waals surface area contributed by atoms with Crippen LogP contribution in [0.15, 0.2) is 23.5 Å². The summed E-state index contributed by atoms with van der Waals surface area (Å²) < 4.78 is 7.06. The Morgan fingerprint density at radius 3 is 2.74 bits per heavy atom. The molecule has 2 heterocycles. The fraction of sp³-hybridized carbons (Fsp3) is 0.867. The van der Waals surface area contributed by atoms with Crippen LogP contribution in [-0.4, -0.2) is 35.3 Å². The number of hydrazine groups is 1. The predicted octanol–water partition coefficient (Wildman–Crippen LogP) is 5.09. The van der Waals surface area contributed by atoms with E-state index in [1.165, 1.54) is 57.8 Å². The minimum absolute atomic E-state index is 0.0591. The molecule has 0 bridgehead atoms. The van der Waals surface area contributed by atoms with E-state index in [4.69, 9.17) is 16.3 Å². The maximum atomic E-state index is 7.06. The number of nitrogens with zero attached hydrogens (tertiary/aromatic N) is 1. The summed E-state index contributed by atoms with van der Waals surface area (Å²) in [6, 6.07) is 0.994. The van der Waals surface area contributed by atoms with Gasteiger partial charge in [0.1, 0.15) is 0 Å². The molecule has 3 unspecified atom stereocenters. The molecular formula is C30H50N4O. The van der Waals surface area contributed by atoms with Gasteiger partial charge in [-0.15, -0.1) is 0 Å². The minimum Gasteiger partial charge on any atom is -0.403 e. The molecule has 0 amide bonds. The van der Waals surface area contributed by atoms with Gasteiger partial charge in [-0.05, 0) is 113 Å². The second-order valence-electron chi connectivity index (χ2n) is 13.9. The number of piperidine rings is 1. The number of hydrogen-bond donors (Lipinski definition) is 3. The van der Waals surface area contributed by atoms with Crippen LogP contribution in [0.3, 0.4) is 0 Å². The van der Waals surface area contributed by atoms with Crippen molar-refractivity contribution in [1.82, 2.24) is 10.3 Å². The number of allylic oxidation sites excluding steroid dienone is 1. The van der Waals surface area contributed by atoms with Crippen molar-refractivity contribution in [2.24, 2.45) is 52.5 Å². The molecule has 6 aliphatic rings. The van der Waals surface area contributed by atoms with Gasteiger partial charge in [-0.1, -0.05) is 31.9 Å². The Morgan fingerprint density at radius 2 is 1.94 bits per heavy atom. The first-order chi connectivity index (χ1) is 16.8. The number of fused-ring (bicyclic) bond motifs is 6. The normalized spacial score (nSPS) is 51.6. The van der Waals surface area contributed by atoms with Crippen LogP contribution < -0.4 is 16.9 Å². The summed E-state index contributed by atoms with van der Waals surface area (Å²) in [5.41, 5.74) is 9.69. The van der Waals surface area contributed by atoms with Crippen molar-refractivity contribution in [3.63, 3.8) is 0 Å². The van der Waals surface area contributed by atoms with Crippen molar-refractivity contribution >= 4 is 0 Å². The summed E-state index contributed by atoms with van der Waals surface area (Å²) in [6.07, 6.45) is 16.7. The molecule has 3 saturated carbocycles. The molecule has 35 heavy (non-hydrogen) atoms. The fourth-order valence-corrected chi connectivity index (χ4v) is 10.3. The Kier molecular flexibility index (Phi) is 6.09. The number of nitrogens with two attached hydrogens (primary N) is 2. The molecular weight excluding hydrogens is 432 g/mol. The van der Waals surface area contributed by atoms with Crippen LogP contribution in [0.2, 0.25) is 0 Å². The molecule has 5 fully saturated rings. The van der Waals surface area contributed by atoms with Crippen molar-refractivity contribution < 1.29 is 4.74 Å². The van der Waals surface area contributed by atoms with Gasteiger partial charge in [-0.2, -0.15) is 0 Å². The SMILES string of the molecule is CC1=C2C[C@H]3C(CC[C@@H]4C[C@@H](N(N)/C=C\N)CC[C@@]43C)[C@@H]2CCC2(C1)OC1C[C@H](C)CN[C@H]1[C@H]2C. The lowest BCUT2D eigenvalue weighted by Crippen LogP contribution is -2.51. The first kappa shape index (κ1) is 24.3. The second-order valence-corrected chi connectivity index (χ2v) is 13.9. The van der Waals surface area contributed by atoms with Gasteiger partial charge in [0.2, 0.25) is 0 Å². The van der Waals surface area contributed by atoms with E-state index < -0.39 is 0 Å². The van der Waals surface area contributed by atoms with E-state index in [0.717, 1.165) is 42.6 Å². The Balaban J connectivity index is 1.22. The maximum Gasteiger partial charge on any atom is 0.0765 e. The summed E-state index contributed by atoms with van der Waals surface area (Å²) in [6.45, 7) is 11.1. The summed E-state index contributed by atoms with van der Waals surface area (Å²) in [7, 11) is 0. The molecule has 2 aliphatic heterocycles. The highest BCUT2D eigenvalue weighted by Gasteiger charge is 2.59. The Labute approximate surface area is 213 Å². The van der Waals surface area contributed by atoms with E-state index in [1.54, 1.807) is 11.8 Å².